The van der Waals surface area contributed by atoms with Gasteiger partial charge in [0.25, 0.3) is 5.91 Å². The number of oxime groups is 1. The summed E-state index contributed by atoms with van der Waals surface area (Å²) < 4.78 is 28.4. The van der Waals surface area contributed by atoms with Crippen molar-refractivity contribution in [2.45, 2.75) is 20.5 Å². The molecule has 0 spiro atoms. The van der Waals surface area contributed by atoms with E-state index in [4.69, 9.17) is 4.84 Å². The van der Waals surface area contributed by atoms with E-state index in [-0.39, 0.29) is 18.3 Å². The first-order valence-electron chi connectivity index (χ1n) is 8.23. The number of rotatable bonds is 8. The summed E-state index contributed by atoms with van der Waals surface area (Å²) >= 11 is 0. The van der Waals surface area contributed by atoms with Crippen LogP contribution in [0.1, 0.15) is 19.4 Å². The highest BCUT2D eigenvalue weighted by Crippen LogP contribution is 2.17. The third-order valence-corrected chi connectivity index (χ3v) is 3.38. The quantitative estimate of drug-likeness (QED) is 0.531. The summed E-state index contributed by atoms with van der Waals surface area (Å²) in [4.78, 5) is 27.9. The minimum atomic E-state index is -2.91. The molecule has 7 nitrogen and oxygen atoms in total. The van der Waals surface area contributed by atoms with Crippen LogP contribution in [0.2, 0.25) is 0 Å². The lowest BCUT2D eigenvalue weighted by Crippen LogP contribution is -2.17. The van der Waals surface area contributed by atoms with Crippen molar-refractivity contribution in [3.63, 3.8) is 0 Å². The number of carbonyl (C=O) groups excluding carboxylic acids is 2. The highest BCUT2D eigenvalue weighted by molar-refractivity contribution is 5.99. The molecule has 28 heavy (non-hydrogen) atoms. The third kappa shape index (κ3) is 7.02. The molecule has 2 N–H and O–H groups in total. The number of hydrogen-bond donors (Lipinski definition) is 2. The molecule has 148 valence electrons. The predicted molar refractivity (Wildman–Crippen MR) is 101 cm³/mol. The molecule has 0 fully saturated rings. The second-order valence-corrected chi connectivity index (χ2v) is 5.66. The number of amides is 2. The topological polar surface area (TPSA) is 89.0 Å². The average Bonchev–Trinajstić information content (AvgIpc) is 2.63. The molecular weight excluding hydrogens is 372 g/mol. The molecule has 2 aromatic rings. The van der Waals surface area contributed by atoms with Crippen LogP contribution in [0.4, 0.5) is 20.2 Å². The fraction of sp³-hybridized carbons (Fsp3) is 0.211. The van der Waals surface area contributed by atoms with E-state index in [0.717, 1.165) is 5.56 Å². The Bertz CT molecular complexity index is 837. The van der Waals surface area contributed by atoms with Gasteiger partial charge >= 0.3 is 6.61 Å². The number of alkyl halides is 2. The van der Waals surface area contributed by atoms with Crippen LogP contribution in [-0.4, -0.2) is 30.7 Å². The van der Waals surface area contributed by atoms with Gasteiger partial charge < -0.3 is 20.2 Å². The maximum absolute atomic E-state index is 12.1. The van der Waals surface area contributed by atoms with Gasteiger partial charge in [-0.1, -0.05) is 17.3 Å². The molecule has 0 aliphatic rings. The van der Waals surface area contributed by atoms with Crippen molar-refractivity contribution in [1.29, 1.82) is 0 Å². The summed E-state index contributed by atoms with van der Waals surface area (Å²) in [7, 11) is 0. The first kappa shape index (κ1) is 20.8. The molecule has 0 saturated carbocycles. The van der Waals surface area contributed by atoms with Crippen molar-refractivity contribution in [3.05, 3.63) is 54.1 Å². The van der Waals surface area contributed by atoms with E-state index in [0.29, 0.717) is 17.1 Å². The molecule has 0 radical (unpaired) electrons. The average molecular weight is 391 g/mol. The van der Waals surface area contributed by atoms with E-state index in [1.807, 2.05) is 0 Å². The van der Waals surface area contributed by atoms with Gasteiger partial charge in [-0.2, -0.15) is 8.78 Å². The molecule has 0 saturated heterocycles. The largest absolute Gasteiger partial charge is 0.435 e. The van der Waals surface area contributed by atoms with Crippen LogP contribution in [0.25, 0.3) is 0 Å². The molecule has 0 bridgehead atoms. The molecule has 0 atom stereocenters. The molecule has 0 aliphatic heterocycles. The molecule has 9 heteroatoms. The van der Waals surface area contributed by atoms with E-state index in [9.17, 15) is 18.4 Å². The fourth-order valence-corrected chi connectivity index (χ4v) is 2.16. The molecular formula is C19H19F2N3O4. The lowest BCUT2D eigenvalue weighted by molar-refractivity contribution is -0.120. The number of nitrogens with zero attached hydrogens (tertiary/aromatic N) is 1. The predicted octanol–water partition coefficient (Wildman–Crippen LogP) is 3.63. The zero-order valence-electron chi connectivity index (χ0n) is 15.2. The van der Waals surface area contributed by atoms with Gasteiger partial charge in [0.1, 0.15) is 5.75 Å². The van der Waals surface area contributed by atoms with Gasteiger partial charge in [0.15, 0.2) is 6.61 Å². The summed E-state index contributed by atoms with van der Waals surface area (Å²) in [5.41, 5.74) is 2.39. The summed E-state index contributed by atoms with van der Waals surface area (Å²) in [6.07, 6.45) is 0. The summed E-state index contributed by atoms with van der Waals surface area (Å²) in [6, 6.07) is 12.5. The molecule has 0 unspecified atom stereocenters. The van der Waals surface area contributed by atoms with Gasteiger partial charge in [-0.3, -0.25) is 9.59 Å². The standard InChI is InChI=1S/C19H19F2N3O4/c1-12(14-3-5-15(6-4-14)22-13(2)25)24-27-11-18(26)23-16-7-9-17(10-8-16)28-19(20)21/h3-10,19H,11H2,1-2H3,(H,22,25)(H,23,26)/b24-12+. The SMILES string of the molecule is CC(=O)Nc1ccc(/C(C)=N/OCC(=O)Nc2ccc(OC(F)F)cc2)cc1. The number of halogens is 2. The number of ether oxygens (including phenoxy) is 1. The Morgan fingerprint density at radius 1 is 0.964 bits per heavy atom. The van der Waals surface area contributed by atoms with E-state index < -0.39 is 12.5 Å². The van der Waals surface area contributed by atoms with E-state index in [1.54, 1.807) is 31.2 Å². The molecule has 2 rings (SSSR count). The van der Waals surface area contributed by atoms with Crippen LogP contribution >= 0.6 is 0 Å². The van der Waals surface area contributed by atoms with Crippen molar-refractivity contribution >= 4 is 28.9 Å². The highest BCUT2D eigenvalue weighted by Gasteiger charge is 2.06. The lowest BCUT2D eigenvalue weighted by atomic mass is 10.1. The van der Waals surface area contributed by atoms with Gasteiger partial charge in [0.2, 0.25) is 5.91 Å². The Hall–Kier alpha value is -3.49. The van der Waals surface area contributed by atoms with Crippen molar-refractivity contribution in [1.82, 2.24) is 0 Å². The number of nitrogens with one attached hydrogen (secondary N) is 2. The third-order valence-electron chi connectivity index (χ3n) is 3.38. The van der Waals surface area contributed by atoms with Gasteiger partial charge in [-0.15, -0.1) is 0 Å². The normalized spacial score (nSPS) is 11.1. The van der Waals surface area contributed by atoms with Crippen molar-refractivity contribution in [2.24, 2.45) is 5.16 Å². The molecule has 0 heterocycles. The second-order valence-electron chi connectivity index (χ2n) is 5.66. The van der Waals surface area contributed by atoms with Crippen LogP contribution in [-0.2, 0) is 14.4 Å². The van der Waals surface area contributed by atoms with Gasteiger partial charge in [0.05, 0.1) is 5.71 Å². The summed E-state index contributed by atoms with van der Waals surface area (Å²) in [5, 5.41) is 9.08. The number of hydrogen-bond acceptors (Lipinski definition) is 5. The first-order valence-corrected chi connectivity index (χ1v) is 8.23. The van der Waals surface area contributed by atoms with Crippen molar-refractivity contribution in [3.8, 4) is 5.75 Å². The zero-order chi connectivity index (χ0) is 20.5. The zero-order valence-corrected chi connectivity index (χ0v) is 15.2. The van der Waals surface area contributed by atoms with Gasteiger partial charge in [-0.05, 0) is 48.9 Å². The van der Waals surface area contributed by atoms with E-state index >= 15 is 0 Å². The van der Waals surface area contributed by atoms with Gasteiger partial charge in [-0.25, -0.2) is 0 Å². The van der Waals surface area contributed by atoms with Crippen molar-refractivity contribution in [2.75, 3.05) is 17.2 Å². The fourth-order valence-electron chi connectivity index (χ4n) is 2.16. The number of carbonyl (C=O) groups is 2. The van der Waals surface area contributed by atoms with Crippen LogP contribution in [0.5, 0.6) is 5.75 Å². The Morgan fingerprint density at radius 3 is 2.11 bits per heavy atom. The van der Waals surface area contributed by atoms with Crippen LogP contribution in [0.15, 0.2) is 53.7 Å². The minimum Gasteiger partial charge on any atom is -0.435 e. The Kier molecular flexibility index (Phi) is 7.44. The van der Waals surface area contributed by atoms with Crippen molar-refractivity contribution < 1.29 is 27.9 Å². The van der Waals surface area contributed by atoms with E-state index in [2.05, 4.69) is 20.5 Å². The van der Waals surface area contributed by atoms with E-state index in [1.165, 1.54) is 31.2 Å². The summed E-state index contributed by atoms with van der Waals surface area (Å²) in [5.74, 6) is -0.627. The number of anilines is 2. The smallest absolute Gasteiger partial charge is 0.387 e. The van der Waals surface area contributed by atoms with Gasteiger partial charge in [0, 0.05) is 18.3 Å². The summed E-state index contributed by atoms with van der Waals surface area (Å²) in [6.45, 7) is -0.0918. The Balaban J connectivity index is 1.82. The monoisotopic (exact) mass is 391 g/mol. The van der Waals surface area contributed by atoms with Crippen LogP contribution < -0.4 is 15.4 Å². The molecule has 2 aromatic carbocycles. The lowest BCUT2D eigenvalue weighted by Gasteiger charge is -2.07. The molecule has 0 aromatic heterocycles. The van der Waals surface area contributed by atoms with Crippen LogP contribution in [0.3, 0.4) is 0 Å². The maximum Gasteiger partial charge on any atom is 0.387 e. The Morgan fingerprint density at radius 2 is 1.54 bits per heavy atom. The molecule has 0 aliphatic carbocycles. The number of benzene rings is 2. The molecule has 2 amide bonds. The maximum atomic E-state index is 12.1. The van der Waals surface area contributed by atoms with Crippen LogP contribution in [0, 0.1) is 0 Å². The second kappa shape index (κ2) is 10.0. The minimum absolute atomic E-state index is 0.00556. The first-order chi connectivity index (χ1) is 13.3. The highest BCUT2D eigenvalue weighted by atomic mass is 19.3. The Labute approximate surface area is 160 Å².